The van der Waals surface area contributed by atoms with Crippen LogP contribution < -0.4 is 0 Å². The van der Waals surface area contributed by atoms with Crippen molar-refractivity contribution in [2.45, 2.75) is 303 Å². The predicted molar refractivity (Wildman–Crippen MR) is 320 cm³/mol. The summed E-state index contributed by atoms with van der Waals surface area (Å²) in [7, 11) is 0. The molecule has 0 radical (unpaired) electrons. The molecule has 0 aromatic heterocycles. The second-order valence-electron chi connectivity index (χ2n) is 20.6. The summed E-state index contributed by atoms with van der Waals surface area (Å²) in [6.07, 6.45) is 82.5. The lowest BCUT2D eigenvalue weighted by atomic mass is 10.1. The largest absolute Gasteiger partial charge is 0.462 e. The number of rotatable bonds is 56. The number of carbonyl (C=O) groups excluding carboxylic acids is 3. The summed E-state index contributed by atoms with van der Waals surface area (Å²) in [6.45, 7) is 6.49. The van der Waals surface area contributed by atoms with Crippen LogP contribution in [0.15, 0.2) is 97.2 Å². The van der Waals surface area contributed by atoms with Crippen LogP contribution in [0.25, 0.3) is 0 Å². The standard InChI is InChI=1S/C68H116O6/c1-4-7-10-13-16-19-22-25-28-31-34-37-40-43-46-49-52-55-58-61-67(70)73-64-65(63-72-66(69)60-57-54-51-48-45-42-39-36-33-30-27-24-21-18-15-12-9-6-3)74-68(71)62-59-56-53-50-47-44-41-38-35-32-29-26-23-20-17-14-11-8-5-2/h7,10,16-17,19-21,24-26,28-30,33-34,37,65H,4-6,8-9,11-15,18,22-23,27,31-32,35-36,38-64H2,1-3H3/b10-7-,19-16-,20-17-,24-21-,28-25-,29-26-,33-30-,37-34-. The zero-order valence-electron chi connectivity index (χ0n) is 48.6. The third-order valence-electron chi connectivity index (χ3n) is 13.3. The van der Waals surface area contributed by atoms with Gasteiger partial charge >= 0.3 is 17.9 Å². The van der Waals surface area contributed by atoms with Gasteiger partial charge < -0.3 is 14.2 Å². The third-order valence-corrected chi connectivity index (χ3v) is 13.3. The molecule has 0 aliphatic carbocycles. The van der Waals surface area contributed by atoms with E-state index in [0.717, 1.165) is 116 Å². The Morgan fingerprint density at radius 1 is 0.284 bits per heavy atom. The van der Waals surface area contributed by atoms with Gasteiger partial charge in [-0.15, -0.1) is 0 Å². The van der Waals surface area contributed by atoms with Gasteiger partial charge in [0, 0.05) is 19.3 Å². The third kappa shape index (κ3) is 59.2. The van der Waals surface area contributed by atoms with Gasteiger partial charge in [0.2, 0.25) is 0 Å². The van der Waals surface area contributed by atoms with Gasteiger partial charge in [-0.05, 0) is 122 Å². The van der Waals surface area contributed by atoms with Crippen LogP contribution in [0.5, 0.6) is 0 Å². The van der Waals surface area contributed by atoms with Crippen molar-refractivity contribution in [1.82, 2.24) is 0 Å². The average Bonchev–Trinajstić information content (AvgIpc) is 3.40. The Balaban J connectivity index is 4.43. The number of ether oxygens (including phenoxy) is 3. The van der Waals surface area contributed by atoms with Gasteiger partial charge in [0.1, 0.15) is 13.2 Å². The highest BCUT2D eigenvalue weighted by Gasteiger charge is 2.19. The Kier molecular flexibility index (Phi) is 58.8. The van der Waals surface area contributed by atoms with Gasteiger partial charge in [-0.3, -0.25) is 14.4 Å². The molecule has 424 valence electrons. The molecular weight excluding hydrogens is 913 g/mol. The van der Waals surface area contributed by atoms with E-state index >= 15 is 0 Å². The first-order valence-electron chi connectivity index (χ1n) is 31.2. The molecule has 0 spiro atoms. The smallest absolute Gasteiger partial charge is 0.306 e. The monoisotopic (exact) mass is 1030 g/mol. The fourth-order valence-electron chi connectivity index (χ4n) is 8.61. The summed E-state index contributed by atoms with van der Waals surface area (Å²) in [5, 5.41) is 0. The number of hydrogen-bond acceptors (Lipinski definition) is 6. The summed E-state index contributed by atoms with van der Waals surface area (Å²) in [5.41, 5.74) is 0. The van der Waals surface area contributed by atoms with Gasteiger partial charge in [0.05, 0.1) is 0 Å². The highest BCUT2D eigenvalue weighted by atomic mass is 16.6. The first-order chi connectivity index (χ1) is 36.5. The summed E-state index contributed by atoms with van der Waals surface area (Å²) in [6, 6.07) is 0. The van der Waals surface area contributed by atoms with Gasteiger partial charge in [-0.25, -0.2) is 0 Å². The average molecular weight is 1030 g/mol. The first-order valence-corrected chi connectivity index (χ1v) is 31.2. The van der Waals surface area contributed by atoms with Crippen molar-refractivity contribution < 1.29 is 28.6 Å². The molecule has 74 heavy (non-hydrogen) atoms. The molecule has 0 amide bonds. The predicted octanol–water partition coefficient (Wildman–Crippen LogP) is 21.3. The highest BCUT2D eigenvalue weighted by Crippen LogP contribution is 2.15. The number of unbranched alkanes of at least 4 members (excludes halogenated alkanes) is 29. The molecule has 0 heterocycles. The minimum absolute atomic E-state index is 0.0879. The van der Waals surface area contributed by atoms with Crippen molar-refractivity contribution in [3.63, 3.8) is 0 Å². The number of hydrogen-bond donors (Lipinski definition) is 0. The molecule has 0 aromatic rings. The topological polar surface area (TPSA) is 78.9 Å². The lowest BCUT2D eigenvalue weighted by molar-refractivity contribution is -0.167. The zero-order valence-corrected chi connectivity index (χ0v) is 48.6. The van der Waals surface area contributed by atoms with Crippen LogP contribution in [0, 0.1) is 0 Å². The number of esters is 3. The molecule has 0 bridgehead atoms. The fourth-order valence-corrected chi connectivity index (χ4v) is 8.61. The summed E-state index contributed by atoms with van der Waals surface area (Å²) < 4.78 is 16.9. The molecule has 0 rings (SSSR count). The first kappa shape index (κ1) is 70.3. The molecule has 1 atom stereocenters. The van der Waals surface area contributed by atoms with E-state index in [1.165, 1.54) is 141 Å². The second kappa shape index (κ2) is 61.9. The van der Waals surface area contributed by atoms with E-state index in [0.29, 0.717) is 19.3 Å². The number of allylic oxidation sites excluding steroid dienone is 16. The summed E-state index contributed by atoms with van der Waals surface area (Å²) in [4.78, 5) is 38.3. The van der Waals surface area contributed by atoms with Crippen LogP contribution in [-0.2, 0) is 28.6 Å². The van der Waals surface area contributed by atoms with Gasteiger partial charge in [-0.1, -0.05) is 253 Å². The molecule has 0 saturated carbocycles. The van der Waals surface area contributed by atoms with Crippen molar-refractivity contribution in [2.24, 2.45) is 0 Å². The van der Waals surface area contributed by atoms with E-state index in [-0.39, 0.29) is 31.1 Å². The van der Waals surface area contributed by atoms with E-state index in [2.05, 4.69) is 118 Å². The lowest BCUT2D eigenvalue weighted by Crippen LogP contribution is -2.30. The molecule has 0 aliphatic heterocycles. The molecule has 0 N–H and O–H groups in total. The minimum atomic E-state index is -0.792. The maximum atomic E-state index is 12.9. The van der Waals surface area contributed by atoms with Crippen molar-refractivity contribution in [3.8, 4) is 0 Å². The molecule has 1 unspecified atom stereocenters. The lowest BCUT2D eigenvalue weighted by Gasteiger charge is -2.18. The van der Waals surface area contributed by atoms with Crippen LogP contribution in [-0.4, -0.2) is 37.2 Å². The Bertz CT molecular complexity index is 1460. The minimum Gasteiger partial charge on any atom is -0.462 e. The van der Waals surface area contributed by atoms with E-state index in [1.54, 1.807) is 0 Å². The maximum absolute atomic E-state index is 12.9. The quantitative estimate of drug-likeness (QED) is 0.0261. The SMILES string of the molecule is CC/C=C\C/C=C\C/C=C\C/C=C\CCCCCCCCC(=O)OCC(COC(=O)CCCCCCCCC/C=C\C/C=C\CCCCCC)OC(=O)CCCCCCCCCCC/C=C\C/C=C\CCCCC. The van der Waals surface area contributed by atoms with E-state index < -0.39 is 6.10 Å². The van der Waals surface area contributed by atoms with Gasteiger partial charge in [0.15, 0.2) is 6.10 Å². The normalized spacial score (nSPS) is 12.7. The molecule has 0 fully saturated rings. The molecule has 0 saturated heterocycles. The Labute approximate surface area is 457 Å². The van der Waals surface area contributed by atoms with Gasteiger partial charge in [-0.2, -0.15) is 0 Å². The molecule has 0 aromatic carbocycles. The summed E-state index contributed by atoms with van der Waals surface area (Å²) in [5.74, 6) is -0.905. The van der Waals surface area contributed by atoms with Crippen molar-refractivity contribution in [2.75, 3.05) is 13.2 Å². The van der Waals surface area contributed by atoms with E-state index in [4.69, 9.17) is 14.2 Å². The Morgan fingerprint density at radius 3 is 0.851 bits per heavy atom. The molecule has 6 heteroatoms. The second-order valence-corrected chi connectivity index (χ2v) is 20.6. The molecular formula is C68H116O6. The molecule has 0 aliphatic rings. The summed E-state index contributed by atoms with van der Waals surface area (Å²) >= 11 is 0. The maximum Gasteiger partial charge on any atom is 0.306 e. The number of carbonyl (C=O) groups is 3. The fraction of sp³-hybridized carbons (Fsp3) is 0.721. The Hall–Kier alpha value is -3.67. The zero-order chi connectivity index (χ0) is 53.6. The van der Waals surface area contributed by atoms with Crippen LogP contribution in [0.2, 0.25) is 0 Å². The Morgan fingerprint density at radius 2 is 0.527 bits per heavy atom. The van der Waals surface area contributed by atoms with E-state index in [9.17, 15) is 14.4 Å². The van der Waals surface area contributed by atoms with Crippen molar-refractivity contribution >= 4 is 17.9 Å². The van der Waals surface area contributed by atoms with Crippen LogP contribution >= 0.6 is 0 Å². The van der Waals surface area contributed by atoms with Crippen LogP contribution in [0.3, 0.4) is 0 Å². The molecule has 6 nitrogen and oxygen atoms in total. The highest BCUT2D eigenvalue weighted by molar-refractivity contribution is 5.71. The van der Waals surface area contributed by atoms with Crippen molar-refractivity contribution in [3.05, 3.63) is 97.2 Å². The van der Waals surface area contributed by atoms with Crippen LogP contribution in [0.4, 0.5) is 0 Å². The van der Waals surface area contributed by atoms with Crippen LogP contribution in [0.1, 0.15) is 297 Å². The van der Waals surface area contributed by atoms with Crippen molar-refractivity contribution in [1.29, 1.82) is 0 Å². The van der Waals surface area contributed by atoms with E-state index in [1.807, 2.05) is 0 Å². The van der Waals surface area contributed by atoms with Gasteiger partial charge in [0.25, 0.3) is 0 Å².